The number of nitrogens with zero attached hydrogens (tertiary/aromatic N) is 3. The molecule has 0 spiro atoms. The fourth-order valence-electron chi connectivity index (χ4n) is 7.93. The lowest BCUT2D eigenvalue weighted by molar-refractivity contribution is -0.150. The number of carbonyl (C=O) groups is 4. The summed E-state index contributed by atoms with van der Waals surface area (Å²) in [5, 5.41) is 5.75. The first-order chi connectivity index (χ1) is 30.0. The van der Waals surface area contributed by atoms with Gasteiger partial charge in [0.05, 0.1) is 45.2 Å². The van der Waals surface area contributed by atoms with Crippen LogP contribution in [0, 0.1) is 6.92 Å². The Morgan fingerprint density at radius 2 is 1.45 bits per heavy atom. The summed E-state index contributed by atoms with van der Waals surface area (Å²) >= 11 is 0. The van der Waals surface area contributed by atoms with Crippen LogP contribution in [0.2, 0.25) is 0 Å². The number of fused-ring (bicyclic) bond motifs is 1. The molecule has 2 aromatic heterocycles. The number of ether oxygens (including phenoxy) is 4. The van der Waals surface area contributed by atoms with Crippen molar-refractivity contribution in [3.05, 3.63) is 135 Å². The topological polar surface area (TPSA) is 167 Å². The summed E-state index contributed by atoms with van der Waals surface area (Å²) in [5.41, 5.74) is 2.36. The van der Waals surface area contributed by atoms with E-state index in [1.54, 1.807) is 42.9 Å². The molecule has 14 nitrogen and oxygen atoms in total. The average molecular weight is 846 g/mol. The van der Waals surface area contributed by atoms with Crippen LogP contribution in [0.25, 0.3) is 11.0 Å². The standard InChI is InChI=1S/C48H55N5O9/c1-32-15-24-40-45(57)41(30-52(3)46(40)51-32)47(58)50-27-11-7-10-14-43(55)53-29-39(62-44(56)26-25-42(54)49-2)28-36(53)31-61-48(33-12-8-6-9-13-33,34-16-20-37(59-4)21-17-34)35-18-22-38(60-5)23-19-35/h6,8-9,12-13,15-24,30,36,39H,7,10-11,14,25-29,31H2,1-5H3,(H,49,54)(H,50,58)/t36-,39+/m0/s1. The Kier molecular flexibility index (Phi) is 15.1. The summed E-state index contributed by atoms with van der Waals surface area (Å²) in [5.74, 6) is 0.00832. The van der Waals surface area contributed by atoms with Gasteiger partial charge in [-0.3, -0.25) is 24.0 Å². The van der Waals surface area contributed by atoms with Crippen molar-refractivity contribution in [3.63, 3.8) is 0 Å². The summed E-state index contributed by atoms with van der Waals surface area (Å²) < 4.78 is 25.7. The van der Waals surface area contributed by atoms with Crippen LogP contribution >= 0.6 is 0 Å². The Morgan fingerprint density at radius 3 is 2.08 bits per heavy atom. The van der Waals surface area contributed by atoms with Crippen LogP contribution in [0.4, 0.5) is 0 Å². The number of nitrogens with one attached hydrogen (secondary N) is 2. The first-order valence-corrected chi connectivity index (χ1v) is 20.9. The van der Waals surface area contributed by atoms with Crippen LogP contribution < -0.4 is 25.5 Å². The van der Waals surface area contributed by atoms with Gasteiger partial charge in [-0.1, -0.05) is 61.0 Å². The molecule has 1 saturated heterocycles. The van der Waals surface area contributed by atoms with Gasteiger partial charge in [0.1, 0.15) is 34.4 Å². The van der Waals surface area contributed by atoms with Gasteiger partial charge in [-0.2, -0.15) is 0 Å². The smallest absolute Gasteiger partial charge is 0.306 e. The van der Waals surface area contributed by atoms with E-state index >= 15 is 0 Å². The van der Waals surface area contributed by atoms with Crippen LogP contribution in [0.3, 0.4) is 0 Å². The second-order valence-corrected chi connectivity index (χ2v) is 15.4. The lowest BCUT2D eigenvalue weighted by Gasteiger charge is -2.38. The maximum atomic E-state index is 14.1. The zero-order valence-electron chi connectivity index (χ0n) is 36.0. The van der Waals surface area contributed by atoms with E-state index < -0.39 is 29.6 Å². The fourth-order valence-corrected chi connectivity index (χ4v) is 7.93. The Hall–Kier alpha value is -6.54. The molecule has 3 amide bonds. The molecule has 1 fully saturated rings. The first kappa shape index (κ1) is 45.0. The summed E-state index contributed by atoms with van der Waals surface area (Å²) in [6, 6.07) is 28.2. The number of hydrogen-bond donors (Lipinski definition) is 2. The van der Waals surface area contributed by atoms with Crippen molar-refractivity contribution in [2.45, 2.75) is 69.6 Å². The minimum Gasteiger partial charge on any atom is -0.497 e. The van der Waals surface area contributed by atoms with E-state index in [0.717, 1.165) is 22.4 Å². The van der Waals surface area contributed by atoms with Crippen LogP contribution in [0.5, 0.6) is 11.5 Å². The molecule has 0 saturated carbocycles. The van der Waals surface area contributed by atoms with E-state index in [4.69, 9.17) is 18.9 Å². The highest BCUT2D eigenvalue weighted by molar-refractivity contribution is 5.96. The third kappa shape index (κ3) is 10.5. The Bertz CT molecular complexity index is 2350. The number of unbranched alkanes of at least 4 members (excludes halogenated alkanes) is 2. The molecule has 6 rings (SSSR count). The van der Waals surface area contributed by atoms with E-state index in [2.05, 4.69) is 15.6 Å². The molecule has 2 atom stereocenters. The molecule has 0 unspecified atom stereocenters. The molecule has 326 valence electrons. The van der Waals surface area contributed by atoms with E-state index in [0.29, 0.717) is 54.8 Å². The Labute approximate surface area is 361 Å². The molecule has 1 aliphatic rings. The molecule has 3 aromatic carbocycles. The molecular weight excluding hydrogens is 791 g/mol. The molecule has 0 bridgehead atoms. The van der Waals surface area contributed by atoms with Crippen molar-refractivity contribution in [3.8, 4) is 11.5 Å². The van der Waals surface area contributed by atoms with Gasteiger partial charge in [-0.25, -0.2) is 4.98 Å². The monoisotopic (exact) mass is 845 g/mol. The van der Waals surface area contributed by atoms with Crippen LogP contribution in [-0.4, -0.2) is 91.3 Å². The fraction of sp³-hybridized carbons (Fsp3) is 0.375. The number of hydrogen-bond acceptors (Lipinski definition) is 10. The number of pyridine rings is 2. The molecule has 0 radical (unpaired) electrons. The number of rotatable bonds is 19. The third-order valence-corrected chi connectivity index (χ3v) is 11.3. The third-order valence-electron chi connectivity index (χ3n) is 11.3. The quantitative estimate of drug-likeness (QED) is 0.0607. The van der Waals surface area contributed by atoms with Gasteiger partial charge in [0, 0.05) is 51.8 Å². The predicted octanol–water partition coefficient (Wildman–Crippen LogP) is 5.60. The highest BCUT2D eigenvalue weighted by Gasteiger charge is 2.42. The Balaban J connectivity index is 1.17. The van der Waals surface area contributed by atoms with E-state index in [-0.39, 0.29) is 55.2 Å². The number of carbonyl (C=O) groups excluding carboxylic acids is 4. The summed E-state index contributed by atoms with van der Waals surface area (Å²) in [6.07, 6.45) is 3.16. The largest absolute Gasteiger partial charge is 0.497 e. The maximum absolute atomic E-state index is 14.1. The van der Waals surface area contributed by atoms with Crippen molar-refractivity contribution >= 4 is 34.7 Å². The Morgan fingerprint density at radius 1 is 0.806 bits per heavy atom. The van der Waals surface area contributed by atoms with E-state index in [1.807, 2.05) is 85.8 Å². The van der Waals surface area contributed by atoms with Crippen molar-refractivity contribution in [1.29, 1.82) is 0 Å². The van der Waals surface area contributed by atoms with Crippen LogP contribution in [0.15, 0.2) is 102 Å². The minimum absolute atomic E-state index is 0.00285. The highest BCUT2D eigenvalue weighted by Crippen LogP contribution is 2.42. The second kappa shape index (κ2) is 20.8. The van der Waals surface area contributed by atoms with Gasteiger partial charge in [-0.15, -0.1) is 0 Å². The molecule has 3 heterocycles. The predicted molar refractivity (Wildman–Crippen MR) is 234 cm³/mol. The molecule has 5 aromatic rings. The number of aryl methyl sites for hydroxylation is 2. The van der Waals surface area contributed by atoms with Gasteiger partial charge in [0.15, 0.2) is 0 Å². The number of benzene rings is 3. The number of aromatic nitrogens is 2. The second-order valence-electron chi connectivity index (χ2n) is 15.4. The summed E-state index contributed by atoms with van der Waals surface area (Å²) in [7, 11) is 6.49. The number of esters is 1. The van der Waals surface area contributed by atoms with Crippen LogP contribution in [-0.2, 0) is 36.5 Å². The highest BCUT2D eigenvalue weighted by atomic mass is 16.5. The molecule has 0 aliphatic carbocycles. The van der Waals surface area contributed by atoms with Crippen molar-refractivity contribution < 1.29 is 38.1 Å². The van der Waals surface area contributed by atoms with Gasteiger partial charge in [-0.05, 0) is 72.9 Å². The summed E-state index contributed by atoms with van der Waals surface area (Å²) in [4.78, 5) is 71.1. The molecule has 62 heavy (non-hydrogen) atoms. The normalized spacial score (nSPS) is 15.0. The minimum atomic E-state index is -1.13. The lowest BCUT2D eigenvalue weighted by Crippen LogP contribution is -2.42. The van der Waals surface area contributed by atoms with Gasteiger partial charge >= 0.3 is 5.97 Å². The molecule has 14 heteroatoms. The first-order valence-electron chi connectivity index (χ1n) is 20.9. The van der Waals surface area contributed by atoms with Crippen molar-refractivity contribution in [2.75, 3.05) is 41.0 Å². The molecular formula is C48H55N5O9. The SMILES string of the molecule is CNC(=O)CCC(=O)O[C@@H]1C[C@@H](COC(c2ccccc2)(c2ccc(OC)cc2)c2ccc(OC)cc2)N(C(=O)CCCCCNC(=O)c2cn(C)c3nc(C)ccc3c2=O)C1. The maximum Gasteiger partial charge on any atom is 0.306 e. The number of likely N-dealkylation sites (tertiary alicyclic amines) is 1. The number of methoxy groups -OCH3 is 2. The van der Waals surface area contributed by atoms with Gasteiger partial charge < -0.3 is 39.0 Å². The molecule has 1 aliphatic heterocycles. The van der Waals surface area contributed by atoms with Crippen LogP contribution in [0.1, 0.15) is 77.7 Å². The summed E-state index contributed by atoms with van der Waals surface area (Å²) in [6.45, 7) is 2.44. The average Bonchev–Trinajstić information content (AvgIpc) is 3.70. The van der Waals surface area contributed by atoms with Crippen molar-refractivity contribution in [2.24, 2.45) is 7.05 Å². The molecule has 2 N–H and O–H groups in total. The zero-order valence-corrected chi connectivity index (χ0v) is 36.0. The lowest BCUT2D eigenvalue weighted by atomic mass is 9.80. The van der Waals surface area contributed by atoms with Gasteiger partial charge in [0.2, 0.25) is 17.2 Å². The van der Waals surface area contributed by atoms with E-state index in [1.165, 1.54) is 13.2 Å². The zero-order chi connectivity index (χ0) is 44.2. The van der Waals surface area contributed by atoms with Crippen molar-refractivity contribution in [1.82, 2.24) is 25.1 Å². The van der Waals surface area contributed by atoms with E-state index in [9.17, 15) is 24.0 Å². The number of amides is 3. The van der Waals surface area contributed by atoms with Gasteiger partial charge in [0.25, 0.3) is 5.91 Å².